The Labute approximate surface area is 114 Å². The van der Waals surface area contributed by atoms with Crippen molar-refractivity contribution in [1.82, 2.24) is 4.90 Å². The SMILES string of the molecule is CCC(C)CN(C)C(CN)c1ccc(C(F)F)cc1. The summed E-state index contributed by atoms with van der Waals surface area (Å²) < 4.78 is 25.0. The molecule has 0 saturated heterocycles. The Morgan fingerprint density at radius 3 is 2.11 bits per heavy atom. The van der Waals surface area contributed by atoms with Crippen LogP contribution < -0.4 is 5.73 Å². The van der Waals surface area contributed by atoms with Crippen molar-refractivity contribution < 1.29 is 8.78 Å². The highest BCUT2D eigenvalue weighted by molar-refractivity contribution is 5.26. The van der Waals surface area contributed by atoms with Crippen molar-refractivity contribution in [1.29, 1.82) is 0 Å². The van der Waals surface area contributed by atoms with Gasteiger partial charge in [-0.3, -0.25) is 4.90 Å². The molecule has 1 aromatic rings. The molecule has 0 aromatic heterocycles. The van der Waals surface area contributed by atoms with Crippen LogP contribution in [0.1, 0.15) is 43.9 Å². The number of hydrogen-bond donors (Lipinski definition) is 1. The molecule has 0 amide bonds. The number of rotatable bonds is 7. The maximum atomic E-state index is 12.5. The minimum Gasteiger partial charge on any atom is -0.329 e. The van der Waals surface area contributed by atoms with Gasteiger partial charge in [0.25, 0.3) is 6.43 Å². The molecule has 1 rings (SSSR count). The lowest BCUT2D eigenvalue weighted by Gasteiger charge is -2.29. The van der Waals surface area contributed by atoms with Gasteiger partial charge in [-0.2, -0.15) is 0 Å². The van der Waals surface area contributed by atoms with Gasteiger partial charge in [-0.15, -0.1) is 0 Å². The summed E-state index contributed by atoms with van der Waals surface area (Å²) in [4.78, 5) is 2.20. The number of alkyl halides is 2. The predicted octanol–water partition coefficient (Wildman–Crippen LogP) is 3.60. The topological polar surface area (TPSA) is 29.3 Å². The number of hydrogen-bond acceptors (Lipinski definition) is 2. The van der Waals surface area contributed by atoms with E-state index in [0.717, 1.165) is 18.5 Å². The fraction of sp³-hybridized carbons (Fsp3) is 0.600. The van der Waals surface area contributed by atoms with Gasteiger partial charge in [-0.25, -0.2) is 8.78 Å². The highest BCUT2D eigenvalue weighted by Crippen LogP contribution is 2.24. The van der Waals surface area contributed by atoms with Crippen LogP contribution in [0.2, 0.25) is 0 Å². The average Bonchev–Trinajstić information content (AvgIpc) is 2.40. The van der Waals surface area contributed by atoms with Gasteiger partial charge in [-0.05, 0) is 18.5 Å². The first-order valence-corrected chi connectivity index (χ1v) is 6.77. The third kappa shape index (κ3) is 4.55. The van der Waals surface area contributed by atoms with Crippen molar-refractivity contribution in [3.8, 4) is 0 Å². The van der Waals surface area contributed by atoms with Crippen LogP contribution in [0.25, 0.3) is 0 Å². The standard InChI is InChI=1S/C15H24F2N2/c1-4-11(2)10-19(3)14(9-18)12-5-7-13(8-6-12)15(16)17/h5-8,11,14-15H,4,9-10,18H2,1-3H3. The second-order valence-electron chi connectivity index (χ2n) is 5.17. The zero-order valence-corrected chi connectivity index (χ0v) is 11.9. The number of nitrogens with zero attached hydrogens (tertiary/aromatic N) is 1. The minimum absolute atomic E-state index is 0.0594. The second kappa shape index (κ2) is 7.56. The van der Waals surface area contributed by atoms with Crippen LogP contribution in [0.15, 0.2) is 24.3 Å². The lowest BCUT2D eigenvalue weighted by molar-refractivity contribution is 0.151. The minimum atomic E-state index is -2.41. The van der Waals surface area contributed by atoms with E-state index in [2.05, 4.69) is 18.7 Å². The lowest BCUT2D eigenvalue weighted by atomic mass is 10.0. The Hall–Kier alpha value is -1.00. The molecule has 108 valence electrons. The maximum absolute atomic E-state index is 12.5. The quantitative estimate of drug-likeness (QED) is 0.820. The van der Waals surface area contributed by atoms with E-state index in [1.54, 1.807) is 12.1 Å². The van der Waals surface area contributed by atoms with E-state index in [4.69, 9.17) is 5.73 Å². The highest BCUT2D eigenvalue weighted by Gasteiger charge is 2.17. The van der Waals surface area contributed by atoms with Crippen molar-refractivity contribution in [3.63, 3.8) is 0 Å². The lowest BCUT2D eigenvalue weighted by Crippen LogP contribution is -2.33. The van der Waals surface area contributed by atoms with Gasteiger partial charge in [0.1, 0.15) is 0 Å². The molecule has 2 N–H and O–H groups in total. The molecule has 0 saturated carbocycles. The van der Waals surface area contributed by atoms with Gasteiger partial charge in [-0.1, -0.05) is 44.5 Å². The Balaban J connectivity index is 2.78. The van der Waals surface area contributed by atoms with Crippen LogP contribution in [0, 0.1) is 5.92 Å². The Morgan fingerprint density at radius 2 is 1.68 bits per heavy atom. The molecule has 19 heavy (non-hydrogen) atoms. The van der Waals surface area contributed by atoms with Crippen LogP contribution in [0.5, 0.6) is 0 Å². The summed E-state index contributed by atoms with van der Waals surface area (Å²) >= 11 is 0. The molecular formula is C15H24F2N2. The molecule has 2 nitrogen and oxygen atoms in total. The Morgan fingerprint density at radius 1 is 1.16 bits per heavy atom. The van der Waals surface area contributed by atoms with Gasteiger partial charge in [0.15, 0.2) is 0 Å². The summed E-state index contributed by atoms with van der Waals surface area (Å²) in [6.45, 7) is 5.80. The first-order valence-electron chi connectivity index (χ1n) is 6.77. The van der Waals surface area contributed by atoms with Crippen molar-refractivity contribution in [3.05, 3.63) is 35.4 Å². The fourth-order valence-corrected chi connectivity index (χ4v) is 2.18. The molecule has 0 bridgehead atoms. The van der Waals surface area contributed by atoms with Gasteiger partial charge in [0, 0.05) is 24.7 Å². The molecule has 0 spiro atoms. The molecule has 1 aromatic carbocycles. The highest BCUT2D eigenvalue weighted by atomic mass is 19.3. The molecule has 4 heteroatoms. The number of halogens is 2. The van der Waals surface area contributed by atoms with E-state index >= 15 is 0 Å². The van der Waals surface area contributed by atoms with Crippen LogP contribution >= 0.6 is 0 Å². The van der Waals surface area contributed by atoms with E-state index in [1.165, 1.54) is 12.1 Å². The smallest absolute Gasteiger partial charge is 0.263 e. The Kier molecular flexibility index (Phi) is 6.38. The number of nitrogens with two attached hydrogens (primary N) is 1. The van der Waals surface area contributed by atoms with Gasteiger partial charge >= 0.3 is 0 Å². The van der Waals surface area contributed by atoms with Crippen LogP contribution in [-0.4, -0.2) is 25.0 Å². The summed E-state index contributed by atoms with van der Waals surface area (Å²) in [5.41, 5.74) is 6.89. The molecule has 0 aliphatic rings. The molecule has 2 atom stereocenters. The zero-order chi connectivity index (χ0) is 14.4. The third-order valence-corrected chi connectivity index (χ3v) is 3.63. The van der Waals surface area contributed by atoms with Gasteiger partial charge in [0.2, 0.25) is 0 Å². The first kappa shape index (κ1) is 16.1. The average molecular weight is 270 g/mol. The van der Waals surface area contributed by atoms with Crippen LogP contribution in [-0.2, 0) is 0 Å². The third-order valence-electron chi connectivity index (χ3n) is 3.63. The molecule has 0 heterocycles. The van der Waals surface area contributed by atoms with Crippen LogP contribution in [0.4, 0.5) is 8.78 Å². The van der Waals surface area contributed by atoms with Gasteiger partial charge in [0.05, 0.1) is 0 Å². The second-order valence-corrected chi connectivity index (χ2v) is 5.17. The van der Waals surface area contributed by atoms with Crippen molar-refractivity contribution >= 4 is 0 Å². The molecule has 2 unspecified atom stereocenters. The molecule has 0 fully saturated rings. The zero-order valence-electron chi connectivity index (χ0n) is 11.9. The summed E-state index contributed by atoms with van der Waals surface area (Å²) in [6.07, 6.45) is -1.30. The molecule has 0 radical (unpaired) electrons. The normalized spacial score (nSPS) is 14.9. The molecular weight excluding hydrogens is 246 g/mol. The monoisotopic (exact) mass is 270 g/mol. The van der Waals surface area contributed by atoms with Gasteiger partial charge < -0.3 is 5.73 Å². The van der Waals surface area contributed by atoms with E-state index in [0.29, 0.717) is 12.5 Å². The fourth-order valence-electron chi connectivity index (χ4n) is 2.18. The van der Waals surface area contributed by atoms with E-state index in [9.17, 15) is 8.78 Å². The van der Waals surface area contributed by atoms with E-state index < -0.39 is 6.43 Å². The number of likely N-dealkylation sites (N-methyl/N-ethyl adjacent to an activating group) is 1. The van der Waals surface area contributed by atoms with Crippen molar-refractivity contribution in [2.75, 3.05) is 20.1 Å². The van der Waals surface area contributed by atoms with Crippen molar-refractivity contribution in [2.24, 2.45) is 11.7 Å². The maximum Gasteiger partial charge on any atom is 0.263 e. The predicted molar refractivity (Wildman–Crippen MR) is 75.3 cm³/mol. The molecule has 0 aliphatic carbocycles. The molecule has 0 aliphatic heterocycles. The Bertz CT molecular complexity index is 365. The summed E-state index contributed by atoms with van der Waals surface area (Å²) in [5.74, 6) is 0.597. The van der Waals surface area contributed by atoms with Crippen molar-refractivity contribution in [2.45, 2.75) is 32.7 Å². The number of benzene rings is 1. The largest absolute Gasteiger partial charge is 0.329 e. The summed E-state index contributed by atoms with van der Waals surface area (Å²) in [5, 5.41) is 0. The first-order chi connectivity index (χ1) is 8.99. The summed E-state index contributed by atoms with van der Waals surface area (Å²) in [6, 6.07) is 6.57. The van der Waals surface area contributed by atoms with E-state index in [1.807, 2.05) is 7.05 Å². The van der Waals surface area contributed by atoms with E-state index in [-0.39, 0.29) is 11.6 Å². The van der Waals surface area contributed by atoms with Crippen LogP contribution in [0.3, 0.4) is 0 Å². The summed E-state index contributed by atoms with van der Waals surface area (Å²) in [7, 11) is 2.03.